The minimum absolute atomic E-state index is 0.0131. The van der Waals surface area contributed by atoms with Crippen LogP contribution in [0, 0.1) is 0 Å². The van der Waals surface area contributed by atoms with E-state index in [0.717, 1.165) is 32.2 Å². The zero-order chi connectivity index (χ0) is 19.5. The Hall–Kier alpha value is -2.98. The predicted molar refractivity (Wildman–Crippen MR) is 117 cm³/mol. The van der Waals surface area contributed by atoms with Crippen LogP contribution in [0.15, 0.2) is 89.4 Å². The summed E-state index contributed by atoms with van der Waals surface area (Å²) in [4.78, 5) is 19.8. The van der Waals surface area contributed by atoms with Gasteiger partial charge >= 0.3 is 0 Å². The highest BCUT2D eigenvalue weighted by molar-refractivity contribution is 9.10. The summed E-state index contributed by atoms with van der Waals surface area (Å²) >= 11 is 3.46. The maximum absolute atomic E-state index is 13.3. The molecule has 28 heavy (non-hydrogen) atoms. The molecular weight excluding hydrogens is 412 g/mol. The van der Waals surface area contributed by atoms with Gasteiger partial charge in [0.25, 0.3) is 5.91 Å². The Morgan fingerprint density at radius 1 is 0.929 bits per heavy atom. The first kappa shape index (κ1) is 18.4. The molecule has 0 bridgehead atoms. The van der Waals surface area contributed by atoms with Gasteiger partial charge in [-0.2, -0.15) is 0 Å². The van der Waals surface area contributed by atoms with Gasteiger partial charge in [-0.1, -0.05) is 76.6 Å². The maximum atomic E-state index is 13.3. The van der Waals surface area contributed by atoms with E-state index in [1.165, 1.54) is 0 Å². The molecule has 4 rings (SSSR count). The normalized spacial score (nSPS) is 10.8. The van der Waals surface area contributed by atoms with E-state index in [4.69, 9.17) is 4.98 Å². The van der Waals surface area contributed by atoms with Crippen LogP contribution in [-0.2, 0) is 6.54 Å². The number of hydrogen-bond donors (Lipinski definition) is 0. The fourth-order valence-corrected chi connectivity index (χ4v) is 3.52. The van der Waals surface area contributed by atoms with E-state index in [1.807, 2.05) is 92.0 Å². The monoisotopic (exact) mass is 430 g/mol. The summed E-state index contributed by atoms with van der Waals surface area (Å²) in [7, 11) is 1.84. The second-order valence-corrected chi connectivity index (χ2v) is 7.64. The quantitative estimate of drug-likeness (QED) is 0.401. The van der Waals surface area contributed by atoms with Crippen molar-refractivity contribution in [3.63, 3.8) is 0 Å². The lowest BCUT2D eigenvalue weighted by Gasteiger charge is -2.19. The number of benzene rings is 3. The van der Waals surface area contributed by atoms with Crippen molar-refractivity contribution in [3.05, 3.63) is 101 Å². The molecule has 138 valence electrons. The van der Waals surface area contributed by atoms with Crippen LogP contribution in [0.2, 0.25) is 0 Å². The third kappa shape index (κ3) is 3.82. The number of carbonyl (C=O) groups is 1. The van der Waals surface area contributed by atoms with Crippen molar-refractivity contribution < 1.29 is 4.79 Å². The second-order valence-electron chi connectivity index (χ2n) is 6.73. The zero-order valence-corrected chi connectivity index (χ0v) is 17.1. The fourth-order valence-electron chi connectivity index (χ4n) is 3.26. The molecule has 3 aromatic carbocycles. The summed E-state index contributed by atoms with van der Waals surface area (Å²) < 4.78 is 1.01. The molecule has 0 N–H and O–H groups in total. The van der Waals surface area contributed by atoms with Gasteiger partial charge in [0.05, 0.1) is 16.8 Å². The van der Waals surface area contributed by atoms with Gasteiger partial charge in [0.1, 0.15) is 0 Å². The van der Waals surface area contributed by atoms with Crippen molar-refractivity contribution in [1.29, 1.82) is 0 Å². The van der Waals surface area contributed by atoms with E-state index in [-0.39, 0.29) is 5.91 Å². The van der Waals surface area contributed by atoms with Gasteiger partial charge in [-0.25, -0.2) is 4.98 Å². The van der Waals surface area contributed by atoms with Crippen LogP contribution in [0.25, 0.3) is 22.2 Å². The van der Waals surface area contributed by atoms with Gasteiger partial charge in [0.15, 0.2) is 0 Å². The minimum Gasteiger partial charge on any atom is -0.337 e. The van der Waals surface area contributed by atoms with E-state index in [2.05, 4.69) is 15.9 Å². The average molecular weight is 431 g/mol. The van der Waals surface area contributed by atoms with Gasteiger partial charge in [-0.3, -0.25) is 4.79 Å². The molecule has 1 amide bonds. The largest absolute Gasteiger partial charge is 0.337 e. The van der Waals surface area contributed by atoms with E-state index < -0.39 is 0 Å². The molecule has 1 heterocycles. The molecule has 0 radical (unpaired) electrons. The van der Waals surface area contributed by atoms with Crippen molar-refractivity contribution in [1.82, 2.24) is 9.88 Å². The van der Waals surface area contributed by atoms with Crippen molar-refractivity contribution in [2.24, 2.45) is 0 Å². The predicted octanol–water partition coefficient (Wildman–Crippen LogP) is 5.94. The zero-order valence-electron chi connectivity index (χ0n) is 15.5. The molecule has 4 aromatic rings. The number of carbonyl (C=O) groups excluding carboxylic acids is 1. The van der Waals surface area contributed by atoms with E-state index in [9.17, 15) is 4.79 Å². The standard InChI is InChI=1S/C24H19BrN2O/c1-27(16-17-7-3-2-4-8-17)24(28)21-15-23(18-11-13-19(25)14-12-18)26-22-10-6-5-9-20(21)22/h2-15H,16H2,1H3. The van der Waals surface area contributed by atoms with Crippen molar-refractivity contribution in [3.8, 4) is 11.3 Å². The maximum Gasteiger partial charge on any atom is 0.254 e. The first-order valence-electron chi connectivity index (χ1n) is 9.07. The van der Waals surface area contributed by atoms with E-state index >= 15 is 0 Å². The van der Waals surface area contributed by atoms with Gasteiger partial charge in [0.2, 0.25) is 0 Å². The molecule has 0 unspecified atom stereocenters. The fraction of sp³-hybridized carbons (Fsp3) is 0.0833. The van der Waals surface area contributed by atoms with Gasteiger partial charge in [0, 0.05) is 29.0 Å². The van der Waals surface area contributed by atoms with Crippen LogP contribution in [0.5, 0.6) is 0 Å². The van der Waals surface area contributed by atoms with Crippen LogP contribution >= 0.6 is 15.9 Å². The number of fused-ring (bicyclic) bond motifs is 1. The smallest absolute Gasteiger partial charge is 0.254 e. The Bertz CT molecular complexity index is 1120. The van der Waals surface area contributed by atoms with Crippen molar-refractivity contribution >= 4 is 32.7 Å². The summed E-state index contributed by atoms with van der Waals surface area (Å²) in [6.45, 7) is 0.559. The number of halogens is 1. The lowest BCUT2D eigenvalue weighted by molar-refractivity contribution is 0.0787. The number of hydrogen-bond acceptors (Lipinski definition) is 2. The molecule has 3 nitrogen and oxygen atoms in total. The molecule has 0 aliphatic carbocycles. The summed E-state index contributed by atoms with van der Waals surface area (Å²) in [6.07, 6.45) is 0. The van der Waals surface area contributed by atoms with Gasteiger partial charge in [-0.05, 0) is 29.8 Å². The lowest BCUT2D eigenvalue weighted by atomic mass is 10.0. The van der Waals surface area contributed by atoms with Crippen LogP contribution in [-0.4, -0.2) is 22.8 Å². The number of nitrogens with zero attached hydrogens (tertiary/aromatic N) is 2. The molecule has 0 saturated heterocycles. The Morgan fingerprint density at radius 3 is 2.36 bits per heavy atom. The van der Waals surface area contributed by atoms with Crippen LogP contribution in [0.4, 0.5) is 0 Å². The average Bonchev–Trinajstić information content (AvgIpc) is 2.73. The Balaban J connectivity index is 1.76. The Morgan fingerprint density at radius 2 is 1.61 bits per heavy atom. The first-order chi connectivity index (χ1) is 13.6. The van der Waals surface area contributed by atoms with Crippen LogP contribution in [0.1, 0.15) is 15.9 Å². The Kier molecular flexibility index (Phi) is 5.22. The molecule has 4 heteroatoms. The third-order valence-electron chi connectivity index (χ3n) is 4.70. The van der Waals surface area contributed by atoms with E-state index in [0.29, 0.717) is 12.1 Å². The minimum atomic E-state index is -0.0131. The second kappa shape index (κ2) is 7.95. The topological polar surface area (TPSA) is 33.2 Å². The highest BCUT2D eigenvalue weighted by Gasteiger charge is 2.17. The molecule has 0 spiro atoms. The molecule has 0 atom stereocenters. The number of pyridine rings is 1. The molecule has 0 fully saturated rings. The summed E-state index contributed by atoms with van der Waals surface area (Å²) in [5.41, 5.74) is 4.36. The third-order valence-corrected chi connectivity index (χ3v) is 5.22. The number of para-hydroxylation sites is 1. The number of rotatable bonds is 4. The number of amides is 1. The van der Waals surface area contributed by atoms with Crippen LogP contribution in [0.3, 0.4) is 0 Å². The van der Waals surface area contributed by atoms with Crippen LogP contribution < -0.4 is 0 Å². The summed E-state index contributed by atoms with van der Waals surface area (Å²) in [6, 6.07) is 27.7. The number of aromatic nitrogens is 1. The molecule has 1 aromatic heterocycles. The summed E-state index contributed by atoms with van der Waals surface area (Å²) in [5, 5.41) is 0.869. The Labute approximate surface area is 172 Å². The van der Waals surface area contributed by atoms with E-state index in [1.54, 1.807) is 4.90 Å². The van der Waals surface area contributed by atoms with Crippen molar-refractivity contribution in [2.45, 2.75) is 6.54 Å². The van der Waals surface area contributed by atoms with Crippen molar-refractivity contribution in [2.75, 3.05) is 7.05 Å². The van der Waals surface area contributed by atoms with Gasteiger partial charge < -0.3 is 4.90 Å². The molecule has 0 aliphatic rings. The van der Waals surface area contributed by atoms with Gasteiger partial charge in [-0.15, -0.1) is 0 Å². The highest BCUT2D eigenvalue weighted by atomic mass is 79.9. The molecule has 0 saturated carbocycles. The molecule has 0 aliphatic heterocycles. The molecular formula is C24H19BrN2O. The highest BCUT2D eigenvalue weighted by Crippen LogP contribution is 2.27. The lowest BCUT2D eigenvalue weighted by Crippen LogP contribution is -2.26. The SMILES string of the molecule is CN(Cc1ccccc1)C(=O)c1cc(-c2ccc(Br)cc2)nc2ccccc12. The summed E-state index contributed by atoms with van der Waals surface area (Å²) in [5.74, 6) is -0.0131. The first-order valence-corrected chi connectivity index (χ1v) is 9.86.